The van der Waals surface area contributed by atoms with Crippen LogP contribution >= 0.6 is 11.6 Å². The quantitative estimate of drug-likeness (QED) is 0.565. The Morgan fingerprint density at radius 1 is 0.967 bits per heavy atom. The van der Waals surface area contributed by atoms with Crippen LogP contribution in [-0.2, 0) is 10.0 Å². The zero-order valence-corrected chi connectivity index (χ0v) is 18.3. The maximum atomic E-state index is 13.4. The molecule has 1 aliphatic heterocycles. The van der Waals surface area contributed by atoms with Gasteiger partial charge >= 0.3 is 0 Å². The van der Waals surface area contributed by atoms with Gasteiger partial charge in [0.05, 0.1) is 16.6 Å². The summed E-state index contributed by atoms with van der Waals surface area (Å²) in [4.78, 5) is 2.23. The molecule has 0 saturated heterocycles. The molecule has 0 spiro atoms. The number of halogens is 1. The highest BCUT2D eigenvalue weighted by Gasteiger charge is 2.37. The van der Waals surface area contributed by atoms with Crippen molar-refractivity contribution >= 4 is 33.0 Å². The average Bonchev–Trinajstić information content (AvgIpc) is 3.21. The minimum Gasteiger partial charge on any atom is -0.378 e. The van der Waals surface area contributed by atoms with Crippen LogP contribution in [0.3, 0.4) is 0 Å². The van der Waals surface area contributed by atoms with Crippen LogP contribution in [0, 0.1) is 0 Å². The van der Waals surface area contributed by atoms with Crippen LogP contribution in [0.15, 0.2) is 88.9 Å². The number of hydrazone groups is 1. The summed E-state index contributed by atoms with van der Waals surface area (Å²) in [5, 5.41) is 5.14. The SMILES string of the molecule is CN(C)c1ccc(C2=NN(S(=O)(=O)c3ccccc3)[C@H](c3cccc(Cl)c3)C2)cc1. The molecule has 1 atom stereocenters. The lowest BCUT2D eigenvalue weighted by Crippen LogP contribution is -2.27. The average molecular weight is 440 g/mol. The molecular weight excluding hydrogens is 418 g/mol. The van der Waals surface area contributed by atoms with E-state index >= 15 is 0 Å². The van der Waals surface area contributed by atoms with E-state index in [-0.39, 0.29) is 4.90 Å². The minimum absolute atomic E-state index is 0.213. The topological polar surface area (TPSA) is 53.0 Å². The number of anilines is 1. The van der Waals surface area contributed by atoms with Gasteiger partial charge in [0.15, 0.2) is 0 Å². The van der Waals surface area contributed by atoms with Gasteiger partial charge in [0.25, 0.3) is 10.0 Å². The number of rotatable bonds is 5. The van der Waals surface area contributed by atoms with Crippen molar-refractivity contribution in [3.8, 4) is 0 Å². The number of benzene rings is 3. The van der Waals surface area contributed by atoms with Crippen LogP contribution in [-0.4, -0.2) is 32.6 Å². The Hall–Kier alpha value is -2.83. The summed E-state index contributed by atoms with van der Waals surface area (Å²) >= 11 is 6.19. The summed E-state index contributed by atoms with van der Waals surface area (Å²) in [5.41, 5.74) is 3.51. The maximum Gasteiger partial charge on any atom is 0.279 e. The Morgan fingerprint density at radius 3 is 2.30 bits per heavy atom. The molecule has 0 aromatic heterocycles. The highest BCUT2D eigenvalue weighted by atomic mass is 35.5. The third-order valence-electron chi connectivity index (χ3n) is 5.11. The van der Waals surface area contributed by atoms with Crippen molar-refractivity contribution < 1.29 is 8.42 Å². The summed E-state index contributed by atoms with van der Waals surface area (Å²) < 4.78 is 28.0. The van der Waals surface area contributed by atoms with Gasteiger partial charge < -0.3 is 4.90 Å². The Labute approximate surface area is 182 Å². The first-order chi connectivity index (χ1) is 14.4. The zero-order chi connectivity index (χ0) is 21.3. The summed E-state index contributed by atoms with van der Waals surface area (Å²) in [6.07, 6.45) is 0.466. The van der Waals surface area contributed by atoms with E-state index in [4.69, 9.17) is 11.6 Å². The van der Waals surface area contributed by atoms with Crippen molar-refractivity contribution in [1.29, 1.82) is 0 Å². The molecule has 4 rings (SSSR count). The molecule has 30 heavy (non-hydrogen) atoms. The molecule has 0 N–H and O–H groups in total. The molecule has 154 valence electrons. The first-order valence-electron chi connectivity index (χ1n) is 9.56. The predicted octanol–water partition coefficient (Wildman–Crippen LogP) is 4.95. The molecule has 0 radical (unpaired) electrons. The Kier molecular flexibility index (Phi) is 5.54. The largest absolute Gasteiger partial charge is 0.378 e. The molecule has 3 aromatic carbocycles. The van der Waals surface area contributed by atoms with Crippen molar-refractivity contribution in [2.24, 2.45) is 5.10 Å². The molecule has 0 bridgehead atoms. The molecule has 0 fully saturated rings. The molecule has 1 aliphatic rings. The highest BCUT2D eigenvalue weighted by molar-refractivity contribution is 7.89. The lowest BCUT2D eigenvalue weighted by molar-refractivity contribution is 0.371. The zero-order valence-electron chi connectivity index (χ0n) is 16.7. The Balaban J connectivity index is 1.77. The fourth-order valence-electron chi connectivity index (χ4n) is 3.50. The Bertz CT molecular complexity index is 1180. The number of hydrogen-bond acceptors (Lipinski definition) is 4. The molecule has 7 heteroatoms. The van der Waals surface area contributed by atoms with E-state index in [2.05, 4.69) is 5.10 Å². The van der Waals surface area contributed by atoms with Gasteiger partial charge in [-0.2, -0.15) is 17.9 Å². The lowest BCUT2D eigenvalue weighted by Gasteiger charge is -2.23. The van der Waals surface area contributed by atoms with E-state index < -0.39 is 16.1 Å². The number of hydrogen-bond donors (Lipinski definition) is 0. The van der Waals surface area contributed by atoms with Gasteiger partial charge in [0.2, 0.25) is 0 Å². The fourth-order valence-corrected chi connectivity index (χ4v) is 5.15. The van der Waals surface area contributed by atoms with Crippen molar-refractivity contribution in [2.75, 3.05) is 19.0 Å². The second-order valence-corrected chi connectivity index (χ2v) is 9.59. The molecule has 0 unspecified atom stereocenters. The van der Waals surface area contributed by atoms with Gasteiger partial charge in [-0.05, 0) is 47.5 Å². The second-order valence-electron chi connectivity index (χ2n) is 7.35. The summed E-state index contributed by atoms with van der Waals surface area (Å²) in [5.74, 6) is 0. The van der Waals surface area contributed by atoms with E-state index in [1.807, 2.05) is 55.4 Å². The van der Waals surface area contributed by atoms with Crippen molar-refractivity contribution in [3.05, 3.63) is 95.0 Å². The van der Waals surface area contributed by atoms with E-state index in [9.17, 15) is 8.42 Å². The molecule has 3 aromatic rings. The fraction of sp³-hybridized carbons (Fsp3) is 0.174. The van der Waals surface area contributed by atoms with Crippen LogP contribution in [0.1, 0.15) is 23.6 Å². The number of sulfonamides is 1. The standard InChI is InChI=1S/C23H22ClN3O2S/c1-26(2)20-13-11-17(12-14-20)22-16-23(18-7-6-8-19(24)15-18)27(25-22)30(28,29)21-9-4-3-5-10-21/h3-15,23H,16H2,1-2H3/t23-/m0/s1. The molecule has 0 aliphatic carbocycles. The van der Waals surface area contributed by atoms with Crippen molar-refractivity contribution in [2.45, 2.75) is 17.4 Å². The van der Waals surface area contributed by atoms with Gasteiger partial charge in [0, 0.05) is 31.2 Å². The van der Waals surface area contributed by atoms with E-state index in [0.717, 1.165) is 22.5 Å². The first-order valence-corrected chi connectivity index (χ1v) is 11.4. The van der Waals surface area contributed by atoms with E-state index in [0.29, 0.717) is 11.4 Å². The van der Waals surface area contributed by atoms with E-state index in [1.165, 1.54) is 4.41 Å². The van der Waals surface area contributed by atoms with E-state index in [1.54, 1.807) is 42.5 Å². The smallest absolute Gasteiger partial charge is 0.279 e. The summed E-state index contributed by atoms with van der Waals surface area (Å²) in [6, 6.07) is 23.2. The van der Waals surface area contributed by atoms with Gasteiger partial charge in [-0.15, -0.1) is 0 Å². The maximum absolute atomic E-state index is 13.4. The molecule has 1 heterocycles. The van der Waals surface area contributed by atoms with Crippen LogP contribution in [0.25, 0.3) is 0 Å². The molecule has 0 amide bonds. The van der Waals surface area contributed by atoms with Gasteiger partial charge in [-0.25, -0.2) is 0 Å². The minimum atomic E-state index is -3.82. The van der Waals surface area contributed by atoms with Gasteiger partial charge in [-0.1, -0.05) is 54.1 Å². The van der Waals surface area contributed by atoms with Crippen LogP contribution in [0.5, 0.6) is 0 Å². The third kappa shape index (κ3) is 3.93. The molecule has 5 nitrogen and oxygen atoms in total. The summed E-state index contributed by atoms with van der Waals surface area (Å²) in [6.45, 7) is 0. The first kappa shape index (κ1) is 20.4. The van der Waals surface area contributed by atoms with Crippen molar-refractivity contribution in [3.63, 3.8) is 0 Å². The van der Waals surface area contributed by atoms with Crippen LogP contribution < -0.4 is 4.90 Å². The Morgan fingerprint density at radius 2 is 1.67 bits per heavy atom. The highest BCUT2D eigenvalue weighted by Crippen LogP contribution is 2.38. The molecular formula is C23H22ClN3O2S. The summed E-state index contributed by atoms with van der Waals surface area (Å²) in [7, 11) is 0.138. The second kappa shape index (κ2) is 8.13. The monoisotopic (exact) mass is 439 g/mol. The van der Waals surface area contributed by atoms with Crippen molar-refractivity contribution in [1.82, 2.24) is 4.41 Å². The normalized spacial score (nSPS) is 16.4. The van der Waals surface area contributed by atoms with Gasteiger partial charge in [-0.3, -0.25) is 0 Å². The predicted molar refractivity (Wildman–Crippen MR) is 122 cm³/mol. The van der Waals surface area contributed by atoms with Gasteiger partial charge in [0.1, 0.15) is 0 Å². The number of nitrogens with zero attached hydrogens (tertiary/aromatic N) is 3. The lowest BCUT2D eigenvalue weighted by atomic mass is 9.99. The molecule has 0 saturated carbocycles. The van der Waals surface area contributed by atoms with Crippen LogP contribution in [0.2, 0.25) is 5.02 Å². The van der Waals surface area contributed by atoms with Crippen LogP contribution in [0.4, 0.5) is 5.69 Å². The third-order valence-corrected chi connectivity index (χ3v) is 7.04.